The molecule has 5 heteroatoms. The van der Waals surface area contributed by atoms with E-state index in [1.165, 1.54) is 25.7 Å². The Hall–Kier alpha value is -1.36. The van der Waals surface area contributed by atoms with Crippen molar-refractivity contribution in [3.8, 4) is 0 Å². The quantitative estimate of drug-likeness (QED) is 0.785. The molecule has 0 unspecified atom stereocenters. The highest BCUT2D eigenvalue weighted by Crippen LogP contribution is 2.17. The van der Waals surface area contributed by atoms with Crippen molar-refractivity contribution in [3.63, 3.8) is 0 Å². The smallest absolute Gasteiger partial charge is 0.234 e. The van der Waals surface area contributed by atoms with Gasteiger partial charge < -0.3 is 10.6 Å². The number of aryl methyl sites for hydroxylation is 1. The minimum absolute atomic E-state index is 0.0538. The van der Waals surface area contributed by atoms with Gasteiger partial charge in [0.25, 0.3) is 0 Å². The zero-order chi connectivity index (χ0) is 12.1. The summed E-state index contributed by atoms with van der Waals surface area (Å²) in [5, 5.41) is 10.2. The van der Waals surface area contributed by atoms with Crippen LogP contribution in [0.5, 0.6) is 0 Å². The molecular weight excluding hydrogens is 216 g/mol. The van der Waals surface area contributed by atoms with E-state index in [-0.39, 0.29) is 5.91 Å². The first-order chi connectivity index (χ1) is 8.25. The summed E-state index contributed by atoms with van der Waals surface area (Å²) in [6.45, 7) is 0.962. The number of aromatic nitrogens is 2. The number of carbonyl (C=O) groups is 1. The van der Waals surface area contributed by atoms with Gasteiger partial charge in [-0.15, -0.1) is 0 Å². The summed E-state index contributed by atoms with van der Waals surface area (Å²) in [5.41, 5.74) is 1.01. The lowest BCUT2D eigenvalue weighted by Gasteiger charge is -2.11. The molecule has 2 N–H and O–H groups in total. The van der Waals surface area contributed by atoms with Crippen LogP contribution in [0, 0.1) is 0 Å². The van der Waals surface area contributed by atoms with Crippen LogP contribution < -0.4 is 10.6 Å². The van der Waals surface area contributed by atoms with Crippen molar-refractivity contribution in [2.75, 3.05) is 6.54 Å². The number of nitrogens with one attached hydrogen (secondary N) is 2. The van der Waals surface area contributed by atoms with Gasteiger partial charge in [0.05, 0.1) is 18.8 Å². The number of rotatable bonds is 5. The molecule has 1 aliphatic rings. The highest BCUT2D eigenvalue weighted by molar-refractivity contribution is 5.77. The molecule has 0 saturated heterocycles. The standard InChI is InChI=1S/C12H20N4O/c1-16-11(6-7-15-16)8-14-12(17)9-13-10-4-2-3-5-10/h6-7,10,13H,2-5,8-9H2,1H3,(H,14,17). The molecule has 1 saturated carbocycles. The summed E-state index contributed by atoms with van der Waals surface area (Å²) in [5.74, 6) is 0.0538. The van der Waals surface area contributed by atoms with E-state index in [0.717, 1.165) is 5.69 Å². The molecular formula is C12H20N4O. The van der Waals surface area contributed by atoms with Gasteiger partial charge in [-0.2, -0.15) is 5.10 Å². The van der Waals surface area contributed by atoms with Gasteiger partial charge in [0.1, 0.15) is 0 Å². The molecule has 17 heavy (non-hydrogen) atoms. The molecule has 0 radical (unpaired) electrons. The molecule has 1 heterocycles. The molecule has 1 fully saturated rings. The second-order valence-electron chi connectivity index (χ2n) is 4.59. The summed E-state index contributed by atoms with van der Waals surface area (Å²) in [7, 11) is 1.87. The van der Waals surface area contributed by atoms with Gasteiger partial charge >= 0.3 is 0 Å². The maximum absolute atomic E-state index is 11.6. The molecule has 0 aliphatic heterocycles. The third kappa shape index (κ3) is 3.56. The molecule has 94 valence electrons. The average molecular weight is 236 g/mol. The fraction of sp³-hybridized carbons (Fsp3) is 0.667. The van der Waals surface area contributed by atoms with E-state index >= 15 is 0 Å². The predicted molar refractivity (Wildman–Crippen MR) is 65.3 cm³/mol. The van der Waals surface area contributed by atoms with E-state index in [2.05, 4.69) is 15.7 Å². The van der Waals surface area contributed by atoms with E-state index in [1.54, 1.807) is 10.9 Å². The van der Waals surface area contributed by atoms with E-state index in [4.69, 9.17) is 0 Å². The van der Waals surface area contributed by atoms with Crippen LogP contribution in [0.2, 0.25) is 0 Å². The van der Waals surface area contributed by atoms with Gasteiger partial charge in [-0.3, -0.25) is 9.48 Å². The minimum atomic E-state index is 0.0538. The molecule has 0 aromatic carbocycles. The molecule has 2 rings (SSSR count). The van der Waals surface area contributed by atoms with Crippen molar-refractivity contribution < 1.29 is 4.79 Å². The first-order valence-electron chi connectivity index (χ1n) is 6.22. The predicted octanol–water partition coefficient (Wildman–Crippen LogP) is 0.568. The molecule has 1 aliphatic carbocycles. The molecule has 0 atom stereocenters. The fourth-order valence-corrected chi connectivity index (χ4v) is 2.19. The summed E-state index contributed by atoms with van der Waals surface area (Å²) >= 11 is 0. The minimum Gasteiger partial charge on any atom is -0.349 e. The van der Waals surface area contributed by atoms with Gasteiger partial charge in [-0.05, 0) is 18.9 Å². The van der Waals surface area contributed by atoms with E-state index in [0.29, 0.717) is 19.1 Å². The van der Waals surface area contributed by atoms with Gasteiger partial charge in [-0.1, -0.05) is 12.8 Å². The Labute approximate surface area is 102 Å². The van der Waals surface area contributed by atoms with Crippen molar-refractivity contribution >= 4 is 5.91 Å². The van der Waals surface area contributed by atoms with Crippen LogP contribution in [0.3, 0.4) is 0 Å². The molecule has 5 nitrogen and oxygen atoms in total. The Kier molecular flexibility index (Phi) is 4.14. The summed E-state index contributed by atoms with van der Waals surface area (Å²) in [4.78, 5) is 11.6. The monoisotopic (exact) mass is 236 g/mol. The normalized spacial score (nSPS) is 16.3. The Bertz CT molecular complexity index is 368. The zero-order valence-electron chi connectivity index (χ0n) is 10.3. The van der Waals surface area contributed by atoms with Crippen LogP contribution in [-0.2, 0) is 18.4 Å². The van der Waals surface area contributed by atoms with Gasteiger partial charge in [0.15, 0.2) is 0 Å². The average Bonchev–Trinajstić information content (AvgIpc) is 2.95. The number of carbonyl (C=O) groups excluding carboxylic acids is 1. The van der Waals surface area contributed by atoms with E-state index < -0.39 is 0 Å². The van der Waals surface area contributed by atoms with Gasteiger partial charge in [0, 0.05) is 19.3 Å². The Morgan fingerprint density at radius 1 is 1.53 bits per heavy atom. The van der Waals surface area contributed by atoms with Crippen molar-refractivity contribution in [2.24, 2.45) is 7.05 Å². The molecule has 1 aromatic rings. The van der Waals surface area contributed by atoms with Crippen molar-refractivity contribution in [1.82, 2.24) is 20.4 Å². The highest BCUT2D eigenvalue weighted by atomic mass is 16.1. The third-order valence-corrected chi connectivity index (χ3v) is 3.30. The zero-order valence-corrected chi connectivity index (χ0v) is 10.3. The second-order valence-corrected chi connectivity index (χ2v) is 4.59. The third-order valence-electron chi connectivity index (χ3n) is 3.30. The molecule has 1 aromatic heterocycles. The Morgan fingerprint density at radius 3 is 2.94 bits per heavy atom. The maximum atomic E-state index is 11.6. The van der Waals surface area contributed by atoms with Crippen LogP contribution in [-0.4, -0.2) is 28.3 Å². The van der Waals surface area contributed by atoms with Crippen molar-refractivity contribution in [2.45, 2.75) is 38.3 Å². The first-order valence-corrected chi connectivity index (χ1v) is 6.22. The number of amides is 1. The fourth-order valence-electron chi connectivity index (χ4n) is 2.19. The molecule has 1 amide bonds. The topological polar surface area (TPSA) is 59.0 Å². The van der Waals surface area contributed by atoms with Crippen LogP contribution in [0.4, 0.5) is 0 Å². The summed E-state index contributed by atoms with van der Waals surface area (Å²) < 4.78 is 1.77. The second kappa shape index (κ2) is 5.82. The number of hydrogen-bond donors (Lipinski definition) is 2. The highest BCUT2D eigenvalue weighted by Gasteiger charge is 2.15. The number of hydrogen-bond acceptors (Lipinski definition) is 3. The van der Waals surface area contributed by atoms with E-state index in [1.807, 2.05) is 13.1 Å². The summed E-state index contributed by atoms with van der Waals surface area (Å²) in [6.07, 6.45) is 6.71. The Morgan fingerprint density at radius 2 is 2.29 bits per heavy atom. The maximum Gasteiger partial charge on any atom is 0.234 e. The first kappa shape index (κ1) is 12.1. The lowest BCUT2D eigenvalue weighted by atomic mass is 10.2. The lowest BCUT2D eigenvalue weighted by Crippen LogP contribution is -2.38. The van der Waals surface area contributed by atoms with Crippen molar-refractivity contribution in [3.05, 3.63) is 18.0 Å². The van der Waals surface area contributed by atoms with Crippen LogP contribution in [0.15, 0.2) is 12.3 Å². The summed E-state index contributed by atoms with van der Waals surface area (Å²) in [6, 6.07) is 2.45. The van der Waals surface area contributed by atoms with Crippen molar-refractivity contribution in [1.29, 1.82) is 0 Å². The van der Waals surface area contributed by atoms with Gasteiger partial charge in [0.2, 0.25) is 5.91 Å². The van der Waals surface area contributed by atoms with Crippen LogP contribution >= 0.6 is 0 Å². The SMILES string of the molecule is Cn1nccc1CNC(=O)CNC1CCCC1. The number of nitrogens with zero attached hydrogens (tertiary/aromatic N) is 2. The Balaban J connectivity index is 1.65. The molecule has 0 spiro atoms. The lowest BCUT2D eigenvalue weighted by molar-refractivity contribution is -0.120. The van der Waals surface area contributed by atoms with Crippen LogP contribution in [0.25, 0.3) is 0 Å². The molecule has 0 bridgehead atoms. The van der Waals surface area contributed by atoms with E-state index in [9.17, 15) is 4.79 Å². The largest absolute Gasteiger partial charge is 0.349 e. The van der Waals surface area contributed by atoms with Crippen LogP contribution in [0.1, 0.15) is 31.4 Å². The van der Waals surface area contributed by atoms with Gasteiger partial charge in [-0.25, -0.2) is 0 Å².